The molecule has 1 N–H and O–H groups in total. The molecule has 0 bridgehead atoms. The highest BCUT2D eigenvalue weighted by Crippen LogP contribution is 2.46. The minimum Gasteiger partial charge on any atom is -0.271 e. The number of fused-ring (bicyclic) bond motifs is 2. The first kappa shape index (κ1) is 18.7. The normalized spacial score (nSPS) is 19.5. The van der Waals surface area contributed by atoms with Gasteiger partial charge >= 0.3 is 0 Å². The van der Waals surface area contributed by atoms with E-state index in [-0.39, 0.29) is 5.56 Å². The lowest BCUT2D eigenvalue weighted by Crippen LogP contribution is -2.44. The molecule has 1 unspecified atom stereocenters. The van der Waals surface area contributed by atoms with Gasteiger partial charge in [-0.25, -0.2) is 8.99 Å². The van der Waals surface area contributed by atoms with Gasteiger partial charge in [-0.15, -0.1) is 0 Å². The molecule has 1 aromatic heterocycles. The first-order valence-electron chi connectivity index (χ1n) is 8.73. The molecule has 2 heterocycles. The molecule has 2 aromatic carbocycles. The maximum atomic E-state index is 15.0. The molecule has 1 aliphatic rings. The average molecular weight is 399 g/mol. The summed E-state index contributed by atoms with van der Waals surface area (Å²) in [5.74, 6) is -3.10. The number of hydrogen-bond acceptors (Lipinski definition) is 4. The highest BCUT2D eigenvalue weighted by atomic mass is 32.2. The van der Waals surface area contributed by atoms with Gasteiger partial charge in [-0.2, -0.15) is 8.78 Å². The Bertz CT molecular complexity index is 1250. The molecule has 3 aromatic rings. The second kappa shape index (κ2) is 5.91. The Labute approximate surface area is 162 Å². The van der Waals surface area contributed by atoms with Crippen LogP contribution in [-0.4, -0.2) is 26.7 Å². The van der Waals surface area contributed by atoms with Gasteiger partial charge in [-0.05, 0) is 32.0 Å². The summed E-state index contributed by atoms with van der Waals surface area (Å²) < 4.78 is 50.3. The van der Waals surface area contributed by atoms with Gasteiger partial charge in [0.15, 0.2) is 0 Å². The standard InChI is InChI=1S/C21H19F2N3OS/c1-20(2)21(22,23)16-7-5-4-6-14(16)19(26-20)13-8-9-17-15(12-13)18(10-11-25-17)28(3,24)27/h4-12,24H,1-3H3. The highest BCUT2D eigenvalue weighted by molar-refractivity contribution is 7.92. The molecule has 28 heavy (non-hydrogen) atoms. The molecule has 0 aliphatic carbocycles. The summed E-state index contributed by atoms with van der Waals surface area (Å²) in [7, 11) is -2.98. The quantitative estimate of drug-likeness (QED) is 0.660. The average Bonchev–Trinajstić information content (AvgIpc) is 2.63. The van der Waals surface area contributed by atoms with Crippen LogP contribution in [0.5, 0.6) is 0 Å². The van der Waals surface area contributed by atoms with Crippen LogP contribution in [0.25, 0.3) is 10.9 Å². The number of benzene rings is 2. The molecule has 7 heteroatoms. The molecule has 0 saturated heterocycles. The van der Waals surface area contributed by atoms with E-state index in [2.05, 4.69) is 9.98 Å². The van der Waals surface area contributed by atoms with Crippen molar-refractivity contribution >= 4 is 26.3 Å². The zero-order valence-electron chi connectivity index (χ0n) is 15.7. The van der Waals surface area contributed by atoms with Gasteiger partial charge in [-0.1, -0.05) is 30.3 Å². The van der Waals surface area contributed by atoms with Gasteiger partial charge < -0.3 is 0 Å². The van der Waals surface area contributed by atoms with Crippen molar-refractivity contribution in [3.8, 4) is 0 Å². The molecule has 0 spiro atoms. The molecule has 0 radical (unpaired) electrons. The fourth-order valence-corrected chi connectivity index (χ4v) is 4.43. The SMILES string of the molecule is CC1(C)N=C(c2ccc3nccc(S(C)(=N)=O)c3c2)c2ccccc2C1(F)F. The van der Waals surface area contributed by atoms with E-state index < -0.39 is 21.2 Å². The molecule has 1 aliphatic heterocycles. The van der Waals surface area contributed by atoms with Crippen LogP contribution in [0.15, 0.2) is 64.6 Å². The van der Waals surface area contributed by atoms with Crippen LogP contribution in [0.2, 0.25) is 0 Å². The first-order valence-corrected chi connectivity index (χ1v) is 10.7. The van der Waals surface area contributed by atoms with E-state index in [1.807, 2.05) is 0 Å². The van der Waals surface area contributed by atoms with Crippen molar-refractivity contribution in [2.24, 2.45) is 4.99 Å². The van der Waals surface area contributed by atoms with E-state index in [1.165, 1.54) is 32.4 Å². The van der Waals surface area contributed by atoms with Crippen LogP contribution >= 0.6 is 0 Å². The Hall–Kier alpha value is -2.67. The smallest absolute Gasteiger partial charge is 0.271 e. The number of hydrogen-bond donors (Lipinski definition) is 1. The third-order valence-electron chi connectivity index (χ3n) is 5.07. The van der Waals surface area contributed by atoms with E-state index in [0.717, 1.165) is 0 Å². The van der Waals surface area contributed by atoms with Crippen LogP contribution < -0.4 is 0 Å². The van der Waals surface area contributed by atoms with E-state index in [9.17, 15) is 13.0 Å². The summed E-state index contributed by atoms with van der Waals surface area (Å²) in [6.45, 7) is 2.83. The zero-order valence-corrected chi connectivity index (χ0v) is 16.5. The number of nitrogens with one attached hydrogen (secondary N) is 1. The topological polar surface area (TPSA) is 66.2 Å². The lowest BCUT2D eigenvalue weighted by Gasteiger charge is -2.37. The van der Waals surface area contributed by atoms with Crippen molar-refractivity contribution in [3.05, 3.63) is 71.4 Å². The van der Waals surface area contributed by atoms with Crippen molar-refractivity contribution in [1.29, 1.82) is 4.78 Å². The maximum absolute atomic E-state index is 15.0. The van der Waals surface area contributed by atoms with Crippen molar-refractivity contribution in [2.45, 2.75) is 30.2 Å². The number of halogens is 2. The Morgan fingerprint density at radius 2 is 1.79 bits per heavy atom. The lowest BCUT2D eigenvalue weighted by molar-refractivity contribution is -0.0681. The predicted octanol–water partition coefficient (Wildman–Crippen LogP) is 4.99. The van der Waals surface area contributed by atoms with Gasteiger partial charge in [-0.3, -0.25) is 9.98 Å². The minimum atomic E-state index is -3.10. The van der Waals surface area contributed by atoms with E-state index >= 15 is 0 Å². The first-order chi connectivity index (χ1) is 13.0. The highest BCUT2D eigenvalue weighted by Gasteiger charge is 2.52. The second-order valence-corrected chi connectivity index (χ2v) is 9.65. The number of rotatable bonds is 2. The van der Waals surface area contributed by atoms with Crippen LogP contribution in [-0.2, 0) is 15.7 Å². The molecule has 144 valence electrons. The Morgan fingerprint density at radius 1 is 1.07 bits per heavy atom. The molecule has 0 saturated carbocycles. The van der Waals surface area contributed by atoms with Crippen molar-refractivity contribution in [3.63, 3.8) is 0 Å². The van der Waals surface area contributed by atoms with Crippen LogP contribution in [0.1, 0.15) is 30.5 Å². The summed E-state index contributed by atoms with van der Waals surface area (Å²) in [5.41, 5.74) is 0.377. The van der Waals surface area contributed by atoms with Gasteiger partial charge in [0.05, 0.1) is 25.9 Å². The molecule has 0 fully saturated rings. The molecule has 0 amide bonds. The van der Waals surface area contributed by atoms with Crippen LogP contribution in [0.3, 0.4) is 0 Å². The van der Waals surface area contributed by atoms with Gasteiger partial charge in [0.1, 0.15) is 5.54 Å². The van der Waals surface area contributed by atoms with Crippen LogP contribution in [0, 0.1) is 4.78 Å². The van der Waals surface area contributed by atoms with Gasteiger partial charge in [0, 0.05) is 34.5 Å². The molecule has 1 atom stereocenters. The summed E-state index contributed by atoms with van der Waals surface area (Å²) in [6, 6.07) is 13.2. The number of aromatic nitrogens is 1. The van der Waals surface area contributed by atoms with Crippen LogP contribution in [0.4, 0.5) is 8.78 Å². The van der Waals surface area contributed by atoms with Gasteiger partial charge in [0.2, 0.25) is 0 Å². The maximum Gasteiger partial charge on any atom is 0.297 e. The van der Waals surface area contributed by atoms with Crippen molar-refractivity contribution < 1.29 is 13.0 Å². The fraction of sp³-hybridized carbons (Fsp3) is 0.238. The summed E-state index contributed by atoms with van der Waals surface area (Å²) in [5, 5.41) is 0.567. The van der Waals surface area contributed by atoms with Crippen molar-refractivity contribution in [1.82, 2.24) is 4.98 Å². The van der Waals surface area contributed by atoms with E-state index in [0.29, 0.717) is 32.6 Å². The zero-order chi connectivity index (χ0) is 20.3. The number of aliphatic imine (C=N–C) groups is 1. The van der Waals surface area contributed by atoms with E-state index in [4.69, 9.17) is 4.78 Å². The molecule has 4 rings (SSSR count). The molecular weight excluding hydrogens is 380 g/mol. The van der Waals surface area contributed by atoms with Crippen molar-refractivity contribution in [2.75, 3.05) is 6.26 Å². The van der Waals surface area contributed by atoms with Gasteiger partial charge in [0.25, 0.3) is 5.92 Å². The third-order valence-corrected chi connectivity index (χ3v) is 6.27. The predicted molar refractivity (Wildman–Crippen MR) is 107 cm³/mol. The summed E-state index contributed by atoms with van der Waals surface area (Å²) >= 11 is 0. The number of pyridine rings is 1. The Morgan fingerprint density at radius 3 is 2.50 bits per heavy atom. The van der Waals surface area contributed by atoms with E-state index in [1.54, 1.807) is 42.5 Å². The fourth-order valence-electron chi connectivity index (χ4n) is 3.53. The Balaban J connectivity index is 2.02. The summed E-state index contributed by atoms with van der Waals surface area (Å²) in [6.07, 6.45) is 2.87. The molecule has 4 nitrogen and oxygen atoms in total. The second-order valence-electron chi connectivity index (χ2n) is 7.52. The Kier molecular flexibility index (Phi) is 3.94. The number of nitrogens with zero attached hydrogens (tertiary/aromatic N) is 2. The monoisotopic (exact) mass is 399 g/mol. The third kappa shape index (κ3) is 2.73. The number of alkyl halides is 2. The summed E-state index contributed by atoms with van der Waals surface area (Å²) in [4.78, 5) is 9.04. The lowest BCUT2D eigenvalue weighted by atomic mass is 9.81. The minimum absolute atomic E-state index is 0.0590. The molecular formula is C21H19F2N3OS. The largest absolute Gasteiger partial charge is 0.297 e.